The van der Waals surface area contributed by atoms with E-state index in [0.29, 0.717) is 17.4 Å². The molecule has 0 spiro atoms. The number of nitrogens with zero attached hydrogens (tertiary/aromatic N) is 2. The molecule has 150 valence electrons. The van der Waals surface area contributed by atoms with Gasteiger partial charge in [-0.3, -0.25) is 23.7 Å². The van der Waals surface area contributed by atoms with E-state index in [1.54, 1.807) is 24.3 Å². The molecule has 0 aliphatic carbocycles. The highest BCUT2D eigenvalue weighted by molar-refractivity contribution is 7.99. The topological polar surface area (TPSA) is 119 Å². The Morgan fingerprint density at radius 1 is 1.18 bits per heavy atom. The fraction of sp³-hybridized carbons (Fsp3) is 0.389. The van der Waals surface area contributed by atoms with Crippen LogP contribution in [0.3, 0.4) is 0 Å². The molecule has 0 aliphatic heterocycles. The fourth-order valence-electron chi connectivity index (χ4n) is 2.28. The Hall–Kier alpha value is -2.88. The summed E-state index contributed by atoms with van der Waals surface area (Å²) in [6.07, 6.45) is 0.806. The Morgan fingerprint density at radius 2 is 1.93 bits per heavy atom. The first-order chi connectivity index (χ1) is 13.5. The number of carbonyl (C=O) groups excluding carboxylic acids is 3. The van der Waals surface area contributed by atoms with Gasteiger partial charge < -0.3 is 15.4 Å². The van der Waals surface area contributed by atoms with Crippen LogP contribution >= 0.6 is 11.8 Å². The Labute approximate surface area is 165 Å². The lowest BCUT2D eigenvalue weighted by Crippen LogP contribution is -2.38. The molecule has 2 amide bonds. The first-order valence-corrected chi connectivity index (χ1v) is 9.67. The maximum atomic E-state index is 12.7. The predicted octanol–water partition coefficient (Wildman–Crippen LogP) is 0.304. The fourth-order valence-corrected chi connectivity index (χ4v) is 3.11. The number of fused-ring (bicyclic) bond motifs is 1. The molecule has 0 fully saturated rings. The summed E-state index contributed by atoms with van der Waals surface area (Å²) in [6, 6.07) is 6.75. The molecule has 2 aromatic rings. The number of carbonyl (C=O) groups is 3. The van der Waals surface area contributed by atoms with Crippen LogP contribution in [0.4, 0.5) is 0 Å². The van der Waals surface area contributed by atoms with E-state index in [-0.39, 0.29) is 35.8 Å². The van der Waals surface area contributed by atoms with E-state index in [1.165, 1.54) is 11.7 Å². The van der Waals surface area contributed by atoms with Gasteiger partial charge in [-0.25, -0.2) is 4.98 Å². The normalized spacial score (nSPS) is 10.5. The molecule has 9 nitrogen and oxygen atoms in total. The molecule has 1 heterocycles. The zero-order chi connectivity index (χ0) is 20.5. The summed E-state index contributed by atoms with van der Waals surface area (Å²) in [5, 5.41) is 5.75. The lowest BCUT2D eigenvalue weighted by atomic mass is 10.2. The summed E-state index contributed by atoms with van der Waals surface area (Å²) in [7, 11) is 1.23. The highest BCUT2D eigenvalue weighted by atomic mass is 32.2. The van der Waals surface area contributed by atoms with E-state index in [9.17, 15) is 19.2 Å². The minimum atomic E-state index is -0.599. The molecule has 10 heteroatoms. The highest BCUT2D eigenvalue weighted by Crippen LogP contribution is 2.17. The number of aromatic nitrogens is 2. The van der Waals surface area contributed by atoms with Crippen molar-refractivity contribution in [3.8, 4) is 0 Å². The van der Waals surface area contributed by atoms with Crippen molar-refractivity contribution in [2.24, 2.45) is 0 Å². The molecular formula is C18H22N4O5S. The number of rotatable bonds is 9. The van der Waals surface area contributed by atoms with Crippen LogP contribution in [0.5, 0.6) is 0 Å². The van der Waals surface area contributed by atoms with Crippen molar-refractivity contribution in [2.75, 3.05) is 26.0 Å². The molecule has 0 saturated carbocycles. The Balaban J connectivity index is 2.13. The highest BCUT2D eigenvalue weighted by Gasteiger charge is 2.16. The number of nitrogens with one attached hydrogen (secondary N) is 2. The van der Waals surface area contributed by atoms with E-state index in [4.69, 9.17) is 0 Å². The van der Waals surface area contributed by atoms with Crippen LogP contribution in [-0.2, 0) is 25.7 Å². The summed E-state index contributed by atoms with van der Waals surface area (Å²) in [5.41, 5.74) is 0.0771. The van der Waals surface area contributed by atoms with E-state index in [1.807, 2.05) is 6.92 Å². The van der Waals surface area contributed by atoms with Gasteiger partial charge in [0.2, 0.25) is 11.8 Å². The van der Waals surface area contributed by atoms with Crippen LogP contribution in [0.2, 0.25) is 0 Å². The van der Waals surface area contributed by atoms with Crippen LogP contribution in [0, 0.1) is 0 Å². The van der Waals surface area contributed by atoms with Gasteiger partial charge in [0.25, 0.3) is 5.56 Å². The van der Waals surface area contributed by atoms with Gasteiger partial charge in [-0.1, -0.05) is 30.8 Å². The Morgan fingerprint density at radius 3 is 2.64 bits per heavy atom. The van der Waals surface area contributed by atoms with Crippen molar-refractivity contribution in [2.45, 2.75) is 25.0 Å². The van der Waals surface area contributed by atoms with Gasteiger partial charge in [0.05, 0.1) is 30.3 Å². The minimum absolute atomic E-state index is 0.0625. The van der Waals surface area contributed by atoms with Crippen molar-refractivity contribution in [1.29, 1.82) is 0 Å². The number of benzene rings is 1. The number of thioether (sulfide) groups is 1. The van der Waals surface area contributed by atoms with E-state index >= 15 is 0 Å². The summed E-state index contributed by atoms with van der Waals surface area (Å²) in [4.78, 5) is 52.3. The molecule has 2 N–H and O–H groups in total. The number of esters is 1. The third kappa shape index (κ3) is 5.81. The van der Waals surface area contributed by atoms with Gasteiger partial charge in [-0.05, 0) is 18.6 Å². The van der Waals surface area contributed by atoms with Crippen molar-refractivity contribution < 1.29 is 19.1 Å². The smallest absolute Gasteiger partial charge is 0.325 e. The zero-order valence-corrected chi connectivity index (χ0v) is 16.5. The number of para-hydroxylation sites is 1. The van der Waals surface area contributed by atoms with Gasteiger partial charge in [0.15, 0.2) is 5.16 Å². The molecule has 28 heavy (non-hydrogen) atoms. The summed E-state index contributed by atoms with van der Waals surface area (Å²) >= 11 is 1.01. The maximum absolute atomic E-state index is 12.7. The molecule has 0 atom stereocenters. The van der Waals surface area contributed by atoms with Gasteiger partial charge >= 0.3 is 5.97 Å². The second-order valence-electron chi connectivity index (χ2n) is 5.79. The quantitative estimate of drug-likeness (QED) is 0.349. The Bertz CT molecular complexity index is 928. The average molecular weight is 406 g/mol. The standard InChI is InChI=1S/C18H22N4O5S/c1-3-8-19-14(23)9-20-15(24)11-28-18-21-13-7-5-4-6-12(13)17(26)22(18)10-16(25)27-2/h4-7H,3,8-11H2,1-2H3,(H,19,23)(H,20,24). The molecule has 0 bridgehead atoms. The van der Waals surface area contributed by atoms with E-state index in [0.717, 1.165) is 18.2 Å². The largest absolute Gasteiger partial charge is 0.468 e. The molecule has 0 aliphatic rings. The van der Waals surface area contributed by atoms with Gasteiger partial charge in [0, 0.05) is 6.54 Å². The SMILES string of the molecule is CCCNC(=O)CNC(=O)CSc1nc2ccccc2c(=O)n1CC(=O)OC. The van der Waals surface area contributed by atoms with Gasteiger partial charge in [-0.15, -0.1) is 0 Å². The predicted molar refractivity (Wildman–Crippen MR) is 105 cm³/mol. The Kier molecular flexibility index (Phi) is 8.00. The van der Waals surface area contributed by atoms with Crippen LogP contribution in [0.25, 0.3) is 10.9 Å². The third-order valence-electron chi connectivity index (χ3n) is 3.69. The van der Waals surface area contributed by atoms with Crippen molar-refractivity contribution in [1.82, 2.24) is 20.2 Å². The summed E-state index contributed by atoms with van der Waals surface area (Å²) in [5.74, 6) is -1.32. The number of ether oxygens (including phenoxy) is 1. The van der Waals surface area contributed by atoms with Crippen molar-refractivity contribution in [3.63, 3.8) is 0 Å². The first-order valence-electron chi connectivity index (χ1n) is 8.68. The van der Waals surface area contributed by atoms with Crippen molar-refractivity contribution >= 4 is 40.4 Å². The molecule has 1 aromatic carbocycles. The van der Waals surface area contributed by atoms with Gasteiger partial charge in [-0.2, -0.15) is 0 Å². The van der Waals surface area contributed by atoms with Crippen LogP contribution < -0.4 is 16.2 Å². The van der Waals surface area contributed by atoms with E-state index in [2.05, 4.69) is 20.4 Å². The van der Waals surface area contributed by atoms with Gasteiger partial charge in [0.1, 0.15) is 6.54 Å². The number of methoxy groups -OCH3 is 1. The van der Waals surface area contributed by atoms with Crippen LogP contribution in [0.1, 0.15) is 13.3 Å². The molecule has 0 saturated heterocycles. The first kappa shape index (κ1) is 21.4. The van der Waals surface area contributed by atoms with Crippen LogP contribution in [0.15, 0.2) is 34.2 Å². The molecule has 1 aromatic heterocycles. The average Bonchev–Trinajstić information content (AvgIpc) is 2.71. The number of hydrogen-bond donors (Lipinski definition) is 2. The van der Waals surface area contributed by atoms with Crippen LogP contribution in [-0.4, -0.2) is 53.3 Å². The zero-order valence-electron chi connectivity index (χ0n) is 15.7. The number of amides is 2. The monoisotopic (exact) mass is 406 g/mol. The minimum Gasteiger partial charge on any atom is -0.468 e. The second-order valence-corrected chi connectivity index (χ2v) is 6.74. The lowest BCUT2D eigenvalue weighted by Gasteiger charge is -2.12. The second kappa shape index (κ2) is 10.5. The molecule has 2 rings (SSSR count). The van der Waals surface area contributed by atoms with E-state index < -0.39 is 11.5 Å². The third-order valence-corrected chi connectivity index (χ3v) is 4.67. The summed E-state index contributed by atoms with van der Waals surface area (Å²) < 4.78 is 5.82. The maximum Gasteiger partial charge on any atom is 0.325 e. The molecule has 0 radical (unpaired) electrons. The molecular weight excluding hydrogens is 384 g/mol. The lowest BCUT2D eigenvalue weighted by molar-refractivity contribution is -0.141. The number of hydrogen-bond acceptors (Lipinski definition) is 7. The van der Waals surface area contributed by atoms with Crippen molar-refractivity contribution in [3.05, 3.63) is 34.6 Å². The molecule has 0 unspecified atom stereocenters. The summed E-state index contributed by atoms with van der Waals surface area (Å²) in [6.45, 7) is 2.04.